The lowest BCUT2D eigenvalue weighted by atomic mass is 10.2. The van der Waals surface area contributed by atoms with E-state index in [1.165, 1.54) is 0 Å². The Morgan fingerprint density at radius 3 is 3.30 bits per heavy atom. The van der Waals surface area contributed by atoms with E-state index in [0.717, 1.165) is 0 Å². The number of carbonyl (C=O) groups is 1. The van der Waals surface area contributed by atoms with Gasteiger partial charge in [0.25, 0.3) is 0 Å². The van der Waals surface area contributed by atoms with Crippen molar-refractivity contribution in [3.63, 3.8) is 0 Å². The van der Waals surface area contributed by atoms with E-state index in [0.29, 0.717) is 12.2 Å². The number of nitrogens with zero attached hydrogens (tertiary/aromatic N) is 2. The van der Waals surface area contributed by atoms with Crippen molar-refractivity contribution in [1.82, 2.24) is 9.78 Å². The molecule has 10 heavy (non-hydrogen) atoms. The highest BCUT2D eigenvalue weighted by molar-refractivity contribution is 6.00. The minimum absolute atomic E-state index is 0.00231. The third-order valence-corrected chi connectivity index (χ3v) is 1.68. The van der Waals surface area contributed by atoms with Crippen LogP contribution in [-0.2, 0) is 6.54 Å². The molecule has 2 rings (SSSR count). The number of rotatable bonds is 0. The number of Topliss-reactive ketones (excluding diaryl/α,β-unsaturated/α-hetero) is 1. The van der Waals surface area contributed by atoms with Gasteiger partial charge in [-0.2, -0.15) is 5.10 Å². The molecule has 1 atom stereocenters. The summed E-state index contributed by atoms with van der Waals surface area (Å²) in [5.41, 5.74) is 6.09. The minimum atomic E-state index is -0.372. The first-order valence-corrected chi connectivity index (χ1v) is 3.10. The molecular formula is C6H7N3O. The molecule has 0 amide bonds. The number of nitrogens with two attached hydrogens (primary N) is 1. The minimum Gasteiger partial charge on any atom is -0.320 e. The van der Waals surface area contributed by atoms with Gasteiger partial charge < -0.3 is 5.73 Å². The first kappa shape index (κ1) is 5.61. The SMILES string of the molecule is NC1Cn2nccc2C1=O. The van der Waals surface area contributed by atoms with E-state index in [-0.39, 0.29) is 11.8 Å². The number of aromatic nitrogens is 2. The van der Waals surface area contributed by atoms with Crippen molar-refractivity contribution in [2.75, 3.05) is 0 Å². The lowest BCUT2D eigenvalue weighted by Gasteiger charge is -1.94. The maximum atomic E-state index is 11.1. The molecule has 0 aromatic carbocycles. The maximum Gasteiger partial charge on any atom is 0.199 e. The summed E-state index contributed by atoms with van der Waals surface area (Å²) in [6.45, 7) is 0.529. The Hall–Kier alpha value is -1.16. The smallest absolute Gasteiger partial charge is 0.199 e. The van der Waals surface area contributed by atoms with E-state index >= 15 is 0 Å². The molecule has 1 aliphatic heterocycles. The summed E-state index contributed by atoms with van der Waals surface area (Å²) in [5, 5.41) is 3.91. The summed E-state index contributed by atoms with van der Waals surface area (Å²) < 4.78 is 1.63. The maximum absolute atomic E-state index is 11.1. The summed E-state index contributed by atoms with van der Waals surface area (Å²) >= 11 is 0. The van der Waals surface area contributed by atoms with Crippen LogP contribution in [0.3, 0.4) is 0 Å². The van der Waals surface area contributed by atoms with Gasteiger partial charge in [0.2, 0.25) is 0 Å². The van der Waals surface area contributed by atoms with Gasteiger partial charge >= 0.3 is 0 Å². The van der Waals surface area contributed by atoms with Crippen LogP contribution in [0.25, 0.3) is 0 Å². The monoisotopic (exact) mass is 137 g/mol. The van der Waals surface area contributed by atoms with Gasteiger partial charge in [-0.15, -0.1) is 0 Å². The number of hydrogen-bond acceptors (Lipinski definition) is 3. The third kappa shape index (κ3) is 0.537. The summed E-state index contributed by atoms with van der Waals surface area (Å²) in [6.07, 6.45) is 1.61. The molecule has 0 radical (unpaired) electrons. The molecule has 0 saturated carbocycles. The van der Waals surface area contributed by atoms with Crippen LogP contribution < -0.4 is 5.73 Å². The first-order valence-electron chi connectivity index (χ1n) is 3.10. The number of hydrogen-bond donors (Lipinski definition) is 1. The van der Waals surface area contributed by atoms with Gasteiger partial charge in [-0.25, -0.2) is 0 Å². The molecule has 1 unspecified atom stereocenters. The molecular weight excluding hydrogens is 130 g/mol. The van der Waals surface area contributed by atoms with Crippen LogP contribution in [0, 0.1) is 0 Å². The molecule has 0 aliphatic carbocycles. The van der Waals surface area contributed by atoms with Gasteiger partial charge in [0.05, 0.1) is 12.6 Å². The van der Waals surface area contributed by atoms with Crippen molar-refractivity contribution < 1.29 is 4.79 Å². The molecule has 4 heteroatoms. The summed E-state index contributed by atoms with van der Waals surface area (Å²) in [5.74, 6) is -0.00231. The highest BCUT2D eigenvalue weighted by Crippen LogP contribution is 2.10. The molecule has 2 N–H and O–H groups in total. The largest absolute Gasteiger partial charge is 0.320 e. The predicted octanol–water partition coefficient (Wildman–Crippen LogP) is -0.593. The number of ketones is 1. The topological polar surface area (TPSA) is 60.9 Å². The molecule has 1 aliphatic rings. The molecule has 4 nitrogen and oxygen atoms in total. The highest BCUT2D eigenvalue weighted by atomic mass is 16.1. The van der Waals surface area contributed by atoms with E-state index in [1.807, 2.05) is 0 Å². The van der Waals surface area contributed by atoms with Crippen LogP contribution in [-0.4, -0.2) is 21.6 Å². The van der Waals surface area contributed by atoms with Crippen molar-refractivity contribution in [2.24, 2.45) is 5.73 Å². The molecule has 52 valence electrons. The normalized spacial score (nSPS) is 23.3. The van der Waals surface area contributed by atoms with Gasteiger partial charge in [0.1, 0.15) is 5.69 Å². The molecule has 2 heterocycles. The van der Waals surface area contributed by atoms with Crippen molar-refractivity contribution in [3.8, 4) is 0 Å². The average Bonchev–Trinajstić information content (AvgIpc) is 2.41. The van der Waals surface area contributed by atoms with Gasteiger partial charge in [0, 0.05) is 6.20 Å². The zero-order chi connectivity index (χ0) is 7.14. The molecule has 0 saturated heterocycles. The van der Waals surface area contributed by atoms with Crippen LogP contribution in [0.2, 0.25) is 0 Å². The summed E-state index contributed by atoms with van der Waals surface area (Å²) in [6, 6.07) is 1.32. The quantitative estimate of drug-likeness (QED) is 0.519. The second-order valence-electron chi connectivity index (χ2n) is 2.37. The number of fused-ring (bicyclic) bond motifs is 1. The number of carbonyl (C=O) groups excluding carboxylic acids is 1. The second kappa shape index (κ2) is 1.67. The Labute approximate surface area is 57.6 Å². The van der Waals surface area contributed by atoms with Crippen molar-refractivity contribution in [1.29, 1.82) is 0 Å². The van der Waals surface area contributed by atoms with Crippen molar-refractivity contribution >= 4 is 5.78 Å². The Balaban J connectivity index is 2.53. The zero-order valence-electron chi connectivity index (χ0n) is 5.32. The lowest BCUT2D eigenvalue weighted by molar-refractivity contribution is 0.0974. The van der Waals surface area contributed by atoms with Gasteiger partial charge in [-0.3, -0.25) is 9.48 Å². The van der Waals surface area contributed by atoms with E-state index in [4.69, 9.17) is 5.73 Å². The first-order chi connectivity index (χ1) is 4.79. The van der Waals surface area contributed by atoms with Crippen molar-refractivity contribution in [2.45, 2.75) is 12.6 Å². The van der Waals surface area contributed by atoms with Crippen LogP contribution in [0.1, 0.15) is 10.5 Å². The lowest BCUT2D eigenvalue weighted by Crippen LogP contribution is -2.27. The molecule has 1 aromatic rings. The Bertz CT molecular complexity index is 278. The van der Waals surface area contributed by atoms with E-state index in [1.54, 1.807) is 16.9 Å². The zero-order valence-corrected chi connectivity index (χ0v) is 5.32. The Morgan fingerprint density at radius 1 is 1.80 bits per heavy atom. The fraction of sp³-hybridized carbons (Fsp3) is 0.333. The highest BCUT2D eigenvalue weighted by Gasteiger charge is 2.27. The van der Waals surface area contributed by atoms with Gasteiger partial charge in [-0.1, -0.05) is 0 Å². The summed E-state index contributed by atoms with van der Waals surface area (Å²) in [7, 11) is 0. The van der Waals surface area contributed by atoms with Crippen LogP contribution in [0.4, 0.5) is 0 Å². The average molecular weight is 137 g/mol. The standard InChI is InChI=1S/C6H7N3O/c7-4-3-9-5(6(4)10)1-2-8-9/h1-2,4H,3,7H2. The van der Waals surface area contributed by atoms with Crippen LogP contribution in [0.15, 0.2) is 12.3 Å². The Kier molecular flexibility index (Phi) is 0.935. The summed E-state index contributed by atoms with van der Waals surface area (Å²) in [4.78, 5) is 11.1. The predicted molar refractivity (Wildman–Crippen MR) is 34.5 cm³/mol. The van der Waals surface area contributed by atoms with Crippen LogP contribution >= 0.6 is 0 Å². The van der Waals surface area contributed by atoms with Gasteiger partial charge in [0.15, 0.2) is 5.78 Å². The molecule has 1 aromatic heterocycles. The second-order valence-corrected chi connectivity index (χ2v) is 2.37. The fourth-order valence-corrected chi connectivity index (χ4v) is 1.15. The third-order valence-electron chi connectivity index (χ3n) is 1.68. The fourth-order valence-electron chi connectivity index (χ4n) is 1.15. The molecule has 0 spiro atoms. The molecule has 0 fully saturated rings. The van der Waals surface area contributed by atoms with E-state index in [2.05, 4.69) is 5.10 Å². The Morgan fingerprint density at radius 2 is 2.60 bits per heavy atom. The van der Waals surface area contributed by atoms with Crippen molar-refractivity contribution in [3.05, 3.63) is 18.0 Å². The van der Waals surface area contributed by atoms with E-state index < -0.39 is 0 Å². The van der Waals surface area contributed by atoms with E-state index in [9.17, 15) is 4.79 Å². The molecule has 0 bridgehead atoms. The van der Waals surface area contributed by atoms with Gasteiger partial charge in [-0.05, 0) is 6.07 Å². The van der Waals surface area contributed by atoms with Crippen LogP contribution in [0.5, 0.6) is 0 Å².